The molecule has 5 N–H and O–H groups in total. The van der Waals surface area contributed by atoms with Gasteiger partial charge in [0.05, 0.1) is 6.17 Å². The molecule has 0 radical (unpaired) electrons. The average Bonchev–Trinajstić information content (AvgIpc) is 2.63. The molecule has 0 aliphatic carbocycles. The highest BCUT2D eigenvalue weighted by Crippen LogP contribution is 2.12. The zero-order valence-corrected chi connectivity index (χ0v) is 17.4. The van der Waals surface area contributed by atoms with Crippen molar-refractivity contribution in [3.05, 3.63) is 0 Å². The summed E-state index contributed by atoms with van der Waals surface area (Å²) in [5.74, 6) is 0. The van der Waals surface area contributed by atoms with Crippen LogP contribution < -0.4 is 16.8 Å². The topological polar surface area (TPSA) is 67.3 Å². The van der Waals surface area contributed by atoms with Crippen LogP contribution in [0.4, 0.5) is 0 Å². The van der Waals surface area contributed by atoms with E-state index in [4.69, 9.17) is 11.5 Å². The molecule has 0 aromatic carbocycles. The minimum Gasteiger partial charge on any atom is -0.330 e. The average molecular weight is 357 g/mol. The monoisotopic (exact) mass is 356 g/mol. The van der Waals surface area contributed by atoms with Crippen molar-refractivity contribution < 1.29 is 0 Å². The standard InChI is InChI=1S/C21H48N4/c1-3-5-6-7-8-9-10-11-12-13-19-25(20-15-17-23)21(4-2)24-18-14-16-22/h21,24H,3-20,22-23H2,1-2H3. The first kappa shape index (κ1) is 24.8. The first-order valence-electron chi connectivity index (χ1n) is 11.2. The van der Waals surface area contributed by atoms with Gasteiger partial charge in [0.2, 0.25) is 0 Å². The second-order valence-electron chi connectivity index (χ2n) is 7.38. The Balaban J connectivity index is 3.82. The third-order valence-electron chi connectivity index (χ3n) is 5.04. The van der Waals surface area contributed by atoms with Crippen molar-refractivity contribution in [1.29, 1.82) is 0 Å². The third kappa shape index (κ3) is 15.8. The number of nitrogens with zero attached hydrogens (tertiary/aromatic N) is 1. The van der Waals surface area contributed by atoms with E-state index < -0.39 is 0 Å². The zero-order chi connectivity index (χ0) is 18.6. The quantitative estimate of drug-likeness (QED) is 0.225. The molecule has 0 aromatic heterocycles. The Morgan fingerprint density at radius 1 is 0.680 bits per heavy atom. The molecule has 4 nitrogen and oxygen atoms in total. The fraction of sp³-hybridized carbons (Fsp3) is 1.00. The SMILES string of the molecule is CCCCCCCCCCCCN(CCCN)C(CC)NCCCN. The van der Waals surface area contributed by atoms with Crippen molar-refractivity contribution in [2.45, 2.75) is 103 Å². The molecule has 1 atom stereocenters. The van der Waals surface area contributed by atoms with E-state index in [1.54, 1.807) is 0 Å². The second kappa shape index (κ2) is 20.2. The molecule has 1 unspecified atom stereocenters. The largest absolute Gasteiger partial charge is 0.330 e. The number of unbranched alkanes of at least 4 members (excludes halogenated alkanes) is 9. The van der Waals surface area contributed by atoms with Gasteiger partial charge in [-0.25, -0.2) is 0 Å². The maximum atomic E-state index is 5.73. The molecule has 0 spiro atoms. The van der Waals surface area contributed by atoms with E-state index in [2.05, 4.69) is 24.1 Å². The molecule has 0 aliphatic heterocycles. The lowest BCUT2D eigenvalue weighted by Gasteiger charge is -2.32. The predicted octanol–water partition coefficient (Wildman–Crippen LogP) is 4.23. The van der Waals surface area contributed by atoms with Crippen molar-refractivity contribution >= 4 is 0 Å². The van der Waals surface area contributed by atoms with Crippen LogP contribution >= 0.6 is 0 Å². The molecule has 0 aromatic rings. The molecule has 0 rings (SSSR count). The Labute approximate surface area is 158 Å². The first-order valence-corrected chi connectivity index (χ1v) is 11.2. The smallest absolute Gasteiger partial charge is 0.0594 e. The van der Waals surface area contributed by atoms with Gasteiger partial charge in [-0.2, -0.15) is 0 Å². The Morgan fingerprint density at radius 2 is 1.20 bits per heavy atom. The van der Waals surface area contributed by atoms with Gasteiger partial charge in [0, 0.05) is 6.54 Å². The van der Waals surface area contributed by atoms with E-state index >= 15 is 0 Å². The Kier molecular flexibility index (Phi) is 20.0. The van der Waals surface area contributed by atoms with E-state index in [1.807, 2.05) is 0 Å². The van der Waals surface area contributed by atoms with Crippen molar-refractivity contribution in [2.75, 3.05) is 32.7 Å². The van der Waals surface area contributed by atoms with Gasteiger partial charge in [-0.05, 0) is 51.9 Å². The summed E-state index contributed by atoms with van der Waals surface area (Å²) >= 11 is 0. The number of hydrogen-bond donors (Lipinski definition) is 3. The van der Waals surface area contributed by atoms with Gasteiger partial charge in [-0.3, -0.25) is 4.90 Å². The summed E-state index contributed by atoms with van der Waals surface area (Å²) in [4.78, 5) is 2.61. The van der Waals surface area contributed by atoms with Crippen molar-refractivity contribution in [1.82, 2.24) is 10.2 Å². The van der Waals surface area contributed by atoms with Gasteiger partial charge in [-0.15, -0.1) is 0 Å². The lowest BCUT2D eigenvalue weighted by molar-refractivity contribution is 0.155. The minimum atomic E-state index is 0.483. The molecule has 25 heavy (non-hydrogen) atoms. The highest BCUT2D eigenvalue weighted by Gasteiger charge is 2.14. The van der Waals surface area contributed by atoms with Crippen LogP contribution in [0.2, 0.25) is 0 Å². The van der Waals surface area contributed by atoms with Gasteiger partial charge in [0.25, 0.3) is 0 Å². The zero-order valence-electron chi connectivity index (χ0n) is 17.4. The van der Waals surface area contributed by atoms with Crippen LogP contribution in [0.1, 0.15) is 97.3 Å². The molecule has 0 saturated carbocycles. The molecule has 152 valence electrons. The van der Waals surface area contributed by atoms with Gasteiger partial charge in [0.15, 0.2) is 0 Å². The van der Waals surface area contributed by atoms with Crippen LogP contribution in [0.3, 0.4) is 0 Å². The van der Waals surface area contributed by atoms with E-state index in [0.29, 0.717) is 6.17 Å². The molecule has 0 bridgehead atoms. The minimum absolute atomic E-state index is 0.483. The summed E-state index contributed by atoms with van der Waals surface area (Å²) in [6.45, 7) is 9.44. The maximum Gasteiger partial charge on any atom is 0.0594 e. The summed E-state index contributed by atoms with van der Waals surface area (Å²) in [7, 11) is 0. The lowest BCUT2D eigenvalue weighted by Crippen LogP contribution is -2.47. The highest BCUT2D eigenvalue weighted by atomic mass is 15.3. The molecule has 0 fully saturated rings. The van der Waals surface area contributed by atoms with E-state index in [1.165, 1.54) is 70.8 Å². The summed E-state index contributed by atoms with van der Waals surface area (Å²) in [6, 6.07) is 0. The Morgan fingerprint density at radius 3 is 1.72 bits per heavy atom. The molecular weight excluding hydrogens is 308 g/mol. The van der Waals surface area contributed by atoms with Crippen molar-refractivity contribution in [3.63, 3.8) is 0 Å². The third-order valence-corrected chi connectivity index (χ3v) is 5.04. The van der Waals surface area contributed by atoms with Crippen LogP contribution in [-0.4, -0.2) is 43.8 Å². The predicted molar refractivity (Wildman–Crippen MR) is 113 cm³/mol. The number of rotatable bonds is 20. The van der Waals surface area contributed by atoms with Crippen molar-refractivity contribution in [2.24, 2.45) is 11.5 Å². The highest BCUT2D eigenvalue weighted by molar-refractivity contribution is 4.69. The molecule has 0 heterocycles. The number of nitrogens with one attached hydrogen (secondary N) is 1. The molecular formula is C21H48N4. The van der Waals surface area contributed by atoms with Crippen LogP contribution in [0.15, 0.2) is 0 Å². The fourth-order valence-electron chi connectivity index (χ4n) is 3.42. The molecule has 0 aliphatic rings. The Bertz CT molecular complexity index is 248. The first-order chi connectivity index (χ1) is 12.3. The van der Waals surface area contributed by atoms with Crippen LogP contribution in [-0.2, 0) is 0 Å². The van der Waals surface area contributed by atoms with Crippen molar-refractivity contribution in [3.8, 4) is 0 Å². The van der Waals surface area contributed by atoms with Crippen LogP contribution in [0, 0.1) is 0 Å². The summed E-state index contributed by atoms with van der Waals surface area (Å²) in [5, 5.41) is 3.67. The Hall–Kier alpha value is -0.160. The maximum absolute atomic E-state index is 5.73. The van der Waals surface area contributed by atoms with Crippen LogP contribution in [0.5, 0.6) is 0 Å². The van der Waals surface area contributed by atoms with E-state index in [9.17, 15) is 0 Å². The number of hydrogen-bond acceptors (Lipinski definition) is 4. The van der Waals surface area contributed by atoms with Gasteiger partial charge < -0.3 is 16.8 Å². The normalized spacial score (nSPS) is 12.8. The van der Waals surface area contributed by atoms with Gasteiger partial charge in [-0.1, -0.05) is 71.6 Å². The van der Waals surface area contributed by atoms with E-state index in [0.717, 1.165) is 45.4 Å². The second-order valence-corrected chi connectivity index (χ2v) is 7.38. The molecule has 4 heteroatoms. The van der Waals surface area contributed by atoms with Crippen LogP contribution in [0.25, 0.3) is 0 Å². The summed E-state index contributed by atoms with van der Waals surface area (Å²) < 4.78 is 0. The van der Waals surface area contributed by atoms with E-state index in [-0.39, 0.29) is 0 Å². The number of nitrogens with two attached hydrogens (primary N) is 2. The molecule has 0 saturated heterocycles. The summed E-state index contributed by atoms with van der Waals surface area (Å²) in [5.41, 5.74) is 11.3. The van der Waals surface area contributed by atoms with Gasteiger partial charge in [0.1, 0.15) is 0 Å². The fourth-order valence-corrected chi connectivity index (χ4v) is 3.42. The summed E-state index contributed by atoms with van der Waals surface area (Å²) in [6.07, 6.45) is 17.8. The lowest BCUT2D eigenvalue weighted by atomic mass is 10.1. The van der Waals surface area contributed by atoms with Gasteiger partial charge >= 0.3 is 0 Å². The molecule has 0 amide bonds.